The number of nitrogens with zero attached hydrogens (tertiary/aromatic N) is 2. The van der Waals surface area contributed by atoms with Crippen LogP contribution >= 0.6 is 0 Å². The van der Waals surface area contributed by atoms with Crippen molar-refractivity contribution in [1.29, 1.82) is 0 Å². The van der Waals surface area contributed by atoms with Crippen LogP contribution in [0.5, 0.6) is 11.5 Å². The van der Waals surface area contributed by atoms with Crippen molar-refractivity contribution in [1.82, 2.24) is 9.62 Å². The monoisotopic (exact) mass is 477 g/mol. The summed E-state index contributed by atoms with van der Waals surface area (Å²) in [6.07, 6.45) is 0.421. The fourth-order valence-electron chi connectivity index (χ4n) is 3.90. The van der Waals surface area contributed by atoms with Gasteiger partial charge in [-0.15, -0.1) is 0 Å². The van der Waals surface area contributed by atoms with E-state index in [-0.39, 0.29) is 43.1 Å². The van der Waals surface area contributed by atoms with Gasteiger partial charge >= 0.3 is 0 Å². The zero-order valence-corrected chi connectivity index (χ0v) is 19.6. The molecule has 0 aromatic heterocycles. The number of hydrogen-bond acceptors (Lipinski definition) is 7. The lowest BCUT2D eigenvalue weighted by Crippen LogP contribution is -2.53. The summed E-state index contributed by atoms with van der Waals surface area (Å²) in [6, 6.07) is 9.35. The van der Waals surface area contributed by atoms with Crippen molar-refractivity contribution in [2.24, 2.45) is 0 Å². The van der Waals surface area contributed by atoms with Crippen LogP contribution < -0.4 is 14.8 Å². The zero-order valence-electron chi connectivity index (χ0n) is 18.7. The van der Waals surface area contributed by atoms with Crippen molar-refractivity contribution in [2.45, 2.75) is 32.4 Å². The van der Waals surface area contributed by atoms with Crippen molar-refractivity contribution in [3.8, 4) is 11.5 Å². The van der Waals surface area contributed by atoms with Gasteiger partial charge in [0.1, 0.15) is 6.04 Å². The molecule has 1 heterocycles. The molecule has 3 rings (SSSR count). The molecule has 178 valence electrons. The predicted octanol–water partition coefficient (Wildman–Crippen LogP) is 2.05. The van der Waals surface area contributed by atoms with E-state index in [4.69, 9.17) is 9.47 Å². The second-order valence-corrected chi connectivity index (χ2v) is 9.78. The second-order valence-electron chi connectivity index (χ2n) is 7.57. The molecule has 10 nitrogen and oxygen atoms in total. The average Bonchev–Trinajstić information content (AvgIpc) is 2.82. The van der Waals surface area contributed by atoms with Crippen LogP contribution in [0, 0.1) is 10.1 Å². The van der Waals surface area contributed by atoms with Crippen LogP contribution in [0.15, 0.2) is 36.4 Å². The van der Waals surface area contributed by atoms with Crippen LogP contribution in [-0.4, -0.2) is 56.1 Å². The number of nitro groups is 1. The third kappa shape index (κ3) is 5.25. The Labute approximate surface area is 192 Å². The summed E-state index contributed by atoms with van der Waals surface area (Å²) in [4.78, 5) is 24.0. The average molecular weight is 478 g/mol. The number of fused-ring (bicyclic) bond motifs is 1. The molecule has 1 N–H and O–H groups in total. The molecular weight excluding hydrogens is 450 g/mol. The fourth-order valence-corrected chi connectivity index (χ4v) is 5.12. The number of ether oxygens (including phenoxy) is 2. The first kappa shape index (κ1) is 24.5. The number of nitro benzene ring substituents is 1. The molecular formula is C22H27N3O7S. The highest BCUT2D eigenvalue weighted by Crippen LogP contribution is 2.34. The summed E-state index contributed by atoms with van der Waals surface area (Å²) in [7, 11) is -0.799. The Balaban J connectivity index is 1.78. The van der Waals surface area contributed by atoms with Gasteiger partial charge in [-0.05, 0) is 37.0 Å². The molecule has 1 aliphatic heterocycles. The third-order valence-electron chi connectivity index (χ3n) is 5.71. The van der Waals surface area contributed by atoms with Gasteiger partial charge in [0.25, 0.3) is 5.69 Å². The first-order chi connectivity index (χ1) is 15.7. The zero-order chi connectivity index (χ0) is 24.2. The maximum absolute atomic E-state index is 13.0. The van der Waals surface area contributed by atoms with Crippen molar-refractivity contribution in [3.05, 3.63) is 63.2 Å². The standard InChI is InChI=1S/C22H27N3O7S/c1-4-33(29,30)24-14-17-8-6-5-7-15(17)11-19(24)22(26)23-10-9-16-12-20(31-2)21(32-3)13-18(16)25(27)28/h5-8,12-13,19H,4,9-11,14H2,1-3H3,(H,23,26). The molecule has 11 heteroatoms. The lowest BCUT2D eigenvalue weighted by molar-refractivity contribution is -0.385. The second kappa shape index (κ2) is 10.2. The van der Waals surface area contributed by atoms with Crippen molar-refractivity contribution >= 4 is 21.6 Å². The SMILES string of the molecule is CCS(=O)(=O)N1Cc2ccccc2CC1C(=O)NCCc1cc(OC)c(OC)cc1[N+](=O)[O-]. The first-order valence-electron chi connectivity index (χ1n) is 10.4. The maximum Gasteiger partial charge on any atom is 0.276 e. The Kier molecular flexibility index (Phi) is 7.54. The Morgan fingerprint density at radius 2 is 1.82 bits per heavy atom. The molecule has 0 spiro atoms. The van der Waals surface area contributed by atoms with E-state index >= 15 is 0 Å². The summed E-state index contributed by atoms with van der Waals surface area (Å²) >= 11 is 0. The van der Waals surface area contributed by atoms with E-state index in [2.05, 4.69) is 5.32 Å². The quantitative estimate of drug-likeness (QED) is 0.432. The number of nitrogens with one attached hydrogen (secondary N) is 1. The lowest BCUT2D eigenvalue weighted by Gasteiger charge is -2.34. The Hall–Kier alpha value is -3.18. The van der Waals surface area contributed by atoms with Gasteiger partial charge in [0.2, 0.25) is 15.9 Å². The summed E-state index contributed by atoms with van der Waals surface area (Å²) in [5.74, 6) is 0.0213. The van der Waals surface area contributed by atoms with Gasteiger partial charge < -0.3 is 14.8 Å². The van der Waals surface area contributed by atoms with Crippen LogP contribution in [0.2, 0.25) is 0 Å². The number of carbonyl (C=O) groups is 1. The van der Waals surface area contributed by atoms with Crippen LogP contribution in [0.25, 0.3) is 0 Å². The number of methoxy groups -OCH3 is 2. The Morgan fingerprint density at radius 1 is 1.18 bits per heavy atom. The van der Waals surface area contributed by atoms with Crippen molar-refractivity contribution in [3.63, 3.8) is 0 Å². The Morgan fingerprint density at radius 3 is 2.42 bits per heavy atom. The van der Waals surface area contributed by atoms with Gasteiger partial charge in [0, 0.05) is 18.7 Å². The molecule has 0 aliphatic carbocycles. The van der Waals surface area contributed by atoms with Gasteiger partial charge in [-0.1, -0.05) is 24.3 Å². The van der Waals surface area contributed by atoms with E-state index < -0.39 is 26.9 Å². The lowest BCUT2D eigenvalue weighted by atomic mass is 9.95. The molecule has 0 fully saturated rings. The minimum Gasteiger partial charge on any atom is -0.493 e. The molecule has 1 amide bonds. The Bertz CT molecular complexity index is 1150. The molecule has 0 saturated heterocycles. The first-order valence-corrected chi connectivity index (χ1v) is 12.1. The molecule has 1 atom stereocenters. The van der Waals surface area contributed by atoms with E-state index in [1.54, 1.807) is 6.92 Å². The van der Waals surface area contributed by atoms with Gasteiger partial charge in [0.15, 0.2) is 11.5 Å². The number of hydrogen-bond donors (Lipinski definition) is 1. The third-order valence-corrected chi connectivity index (χ3v) is 7.53. The summed E-state index contributed by atoms with van der Waals surface area (Å²) < 4.78 is 36.9. The normalized spacial score (nSPS) is 16.0. The summed E-state index contributed by atoms with van der Waals surface area (Å²) in [5, 5.41) is 14.2. The molecule has 2 aromatic rings. The highest BCUT2D eigenvalue weighted by molar-refractivity contribution is 7.89. The molecule has 0 bridgehead atoms. The largest absolute Gasteiger partial charge is 0.493 e. The van der Waals surface area contributed by atoms with Gasteiger partial charge in [0.05, 0.1) is 31.0 Å². The molecule has 0 radical (unpaired) electrons. The number of amides is 1. The number of rotatable bonds is 9. The van der Waals surface area contributed by atoms with Crippen LogP contribution in [0.4, 0.5) is 5.69 Å². The highest BCUT2D eigenvalue weighted by atomic mass is 32.2. The van der Waals surface area contributed by atoms with Gasteiger partial charge in [-0.3, -0.25) is 14.9 Å². The minimum atomic E-state index is -3.62. The van der Waals surface area contributed by atoms with Crippen LogP contribution in [0.3, 0.4) is 0 Å². The van der Waals surface area contributed by atoms with E-state index in [1.807, 2.05) is 24.3 Å². The molecule has 0 saturated carbocycles. The number of benzene rings is 2. The smallest absolute Gasteiger partial charge is 0.276 e. The van der Waals surface area contributed by atoms with Gasteiger partial charge in [-0.25, -0.2) is 8.42 Å². The summed E-state index contributed by atoms with van der Waals surface area (Å²) in [5.41, 5.74) is 2.02. The fraction of sp³-hybridized carbons (Fsp3) is 0.409. The van der Waals surface area contributed by atoms with E-state index in [1.165, 1.54) is 30.7 Å². The van der Waals surface area contributed by atoms with Crippen LogP contribution in [-0.2, 0) is 34.2 Å². The predicted molar refractivity (Wildman–Crippen MR) is 122 cm³/mol. The van der Waals surface area contributed by atoms with Crippen LogP contribution in [0.1, 0.15) is 23.6 Å². The number of carbonyl (C=O) groups excluding carboxylic acids is 1. The minimum absolute atomic E-state index is 0.0906. The molecule has 1 unspecified atom stereocenters. The topological polar surface area (TPSA) is 128 Å². The van der Waals surface area contributed by atoms with E-state index in [0.29, 0.717) is 11.3 Å². The molecule has 2 aromatic carbocycles. The van der Waals surface area contributed by atoms with E-state index in [0.717, 1.165) is 11.1 Å². The molecule has 33 heavy (non-hydrogen) atoms. The van der Waals surface area contributed by atoms with Crippen molar-refractivity contribution in [2.75, 3.05) is 26.5 Å². The van der Waals surface area contributed by atoms with Crippen molar-refractivity contribution < 1.29 is 27.6 Å². The number of sulfonamides is 1. The van der Waals surface area contributed by atoms with Gasteiger partial charge in [-0.2, -0.15) is 4.31 Å². The molecule has 1 aliphatic rings. The van der Waals surface area contributed by atoms with E-state index in [9.17, 15) is 23.3 Å². The maximum atomic E-state index is 13.0. The highest BCUT2D eigenvalue weighted by Gasteiger charge is 2.37. The summed E-state index contributed by atoms with van der Waals surface area (Å²) in [6.45, 7) is 1.76.